The van der Waals surface area contributed by atoms with Gasteiger partial charge in [0, 0.05) is 44.9 Å². The van der Waals surface area contributed by atoms with Crippen LogP contribution in [0.1, 0.15) is 38.7 Å². The van der Waals surface area contributed by atoms with Crippen molar-refractivity contribution in [2.75, 3.05) is 19.6 Å². The summed E-state index contributed by atoms with van der Waals surface area (Å²) in [6.07, 6.45) is 4.49. The molecule has 1 saturated heterocycles. The Labute approximate surface area is 131 Å². The number of piperazine rings is 1. The van der Waals surface area contributed by atoms with E-state index in [-0.39, 0.29) is 23.3 Å². The van der Waals surface area contributed by atoms with Crippen molar-refractivity contribution in [1.29, 1.82) is 0 Å². The Bertz CT molecular complexity index is 585. The minimum absolute atomic E-state index is 0.0845. The van der Waals surface area contributed by atoms with Crippen LogP contribution >= 0.6 is 0 Å². The predicted octanol–water partition coefficient (Wildman–Crippen LogP) is 1.65. The highest BCUT2D eigenvalue weighted by Crippen LogP contribution is 2.49. The van der Waals surface area contributed by atoms with Crippen molar-refractivity contribution in [2.45, 2.75) is 38.6 Å². The third kappa shape index (κ3) is 2.72. The average molecular weight is 301 g/mol. The summed E-state index contributed by atoms with van der Waals surface area (Å²) < 4.78 is 0. The van der Waals surface area contributed by atoms with Gasteiger partial charge >= 0.3 is 0 Å². The molecule has 0 unspecified atom stereocenters. The number of carbonyl (C=O) groups is 2. The summed E-state index contributed by atoms with van der Waals surface area (Å²) in [6, 6.07) is 3.99. The first-order chi connectivity index (χ1) is 10.4. The van der Waals surface area contributed by atoms with E-state index >= 15 is 0 Å². The molecule has 118 valence electrons. The molecular formula is C17H23N3O2. The third-order valence-corrected chi connectivity index (χ3v) is 4.86. The number of rotatable bonds is 2. The average Bonchev–Trinajstić information content (AvgIpc) is 3.27. The summed E-state index contributed by atoms with van der Waals surface area (Å²) in [5.74, 6) is 0.735. The van der Waals surface area contributed by atoms with Crippen LogP contribution in [0.15, 0.2) is 24.5 Å². The summed E-state index contributed by atoms with van der Waals surface area (Å²) in [5.41, 5.74) is 0.903. The smallest absolute Gasteiger partial charge is 0.226 e. The van der Waals surface area contributed by atoms with E-state index in [2.05, 4.69) is 4.98 Å². The zero-order valence-electron chi connectivity index (χ0n) is 13.5. The lowest BCUT2D eigenvalue weighted by Gasteiger charge is -2.47. The number of aromatic nitrogens is 1. The summed E-state index contributed by atoms with van der Waals surface area (Å²) >= 11 is 0. The van der Waals surface area contributed by atoms with Gasteiger partial charge in [0.25, 0.3) is 0 Å². The van der Waals surface area contributed by atoms with E-state index in [1.165, 1.54) is 5.56 Å². The molecule has 0 bridgehead atoms. The van der Waals surface area contributed by atoms with Crippen molar-refractivity contribution < 1.29 is 9.59 Å². The summed E-state index contributed by atoms with van der Waals surface area (Å²) in [6.45, 7) is 7.56. The number of hydrogen-bond acceptors (Lipinski definition) is 3. The Balaban J connectivity index is 1.68. The van der Waals surface area contributed by atoms with Crippen molar-refractivity contribution in [3.63, 3.8) is 0 Å². The van der Waals surface area contributed by atoms with Gasteiger partial charge in [0.05, 0.1) is 5.54 Å². The van der Waals surface area contributed by atoms with Gasteiger partial charge < -0.3 is 9.80 Å². The van der Waals surface area contributed by atoms with Gasteiger partial charge in [0.1, 0.15) is 0 Å². The number of hydrogen-bond donors (Lipinski definition) is 0. The molecule has 0 N–H and O–H groups in total. The maximum absolute atomic E-state index is 12.8. The van der Waals surface area contributed by atoms with Crippen LogP contribution in [0.4, 0.5) is 0 Å². The Morgan fingerprint density at radius 1 is 1.23 bits per heavy atom. The first-order valence-corrected chi connectivity index (χ1v) is 7.87. The molecule has 1 saturated carbocycles. The van der Waals surface area contributed by atoms with Crippen molar-refractivity contribution in [1.82, 2.24) is 14.8 Å². The monoisotopic (exact) mass is 301 g/mol. The number of pyridine rings is 1. The van der Waals surface area contributed by atoms with Crippen LogP contribution in [0.5, 0.6) is 0 Å². The van der Waals surface area contributed by atoms with E-state index in [1.807, 2.05) is 35.8 Å². The van der Waals surface area contributed by atoms with E-state index < -0.39 is 0 Å². The molecule has 2 heterocycles. The second kappa shape index (κ2) is 5.38. The molecule has 2 amide bonds. The second-order valence-electron chi connectivity index (χ2n) is 6.97. The first-order valence-electron chi connectivity index (χ1n) is 7.87. The maximum Gasteiger partial charge on any atom is 0.226 e. The van der Waals surface area contributed by atoms with Crippen molar-refractivity contribution >= 4 is 11.8 Å². The zero-order chi connectivity index (χ0) is 15.9. The van der Waals surface area contributed by atoms with E-state index in [0.717, 1.165) is 6.42 Å². The van der Waals surface area contributed by atoms with E-state index in [9.17, 15) is 9.59 Å². The fourth-order valence-electron chi connectivity index (χ4n) is 3.48. The predicted molar refractivity (Wildman–Crippen MR) is 83.1 cm³/mol. The normalized spacial score (nSPS) is 26.7. The largest absolute Gasteiger partial charge is 0.339 e. The Hall–Kier alpha value is -1.91. The van der Waals surface area contributed by atoms with Gasteiger partial charge in [-0.25, -0.2) is 0 Å². The highest BCUT2D eigenvalue weighted by molar-refractivity contribution is 5.84. The van der Waals surface area contributed by atoms with Gasteiger partial charge in [-0.1, -0.05) is 0 Å². The fraction of sp³-hybridized carbons (Fsp3) is 0.588. The summed E-state index contributed by atoms with van der Waals surface area (Å²) in [4.78, 5) is 32.2. The molecule has 2 atom stereocenters. The molecule has 1 aliphatic carbocycles. The minimum Gasteiger partial charge on any atom is -0.339 e. The molecule has 0 aromatic carbocycles. The van der Waals surface area contributed by atoms with E-state index in [0.29, 0.717) is 25.6 Å². The molecular weight excluding hydrogens is 278 g/mol. The maximum atomic E-state index is 12.8. The topological polar surface area (TPSA) is 53.5 Å². The van der Waals surface area contributed by atoms with Gasteiger partial charge in [0.15, 0.2) is 0 Å². The van der Waals surface area contributed by atoms with Gasteiger partial charge in [0.2, 0.25) is 11.8 Å². The highest BCUT2D eigenvalue weighted by atomic mass is 16.2. The SMILES string of the molecule is CC(=O)N1CCN(C(=O)[C@H]2C[C@@H]2c2ccncc2)C(C)(C)C1. The zero-order valence-corrected chi connectivity index (χ0v) is 13.5. The Kier molecular flexibility index (Phi) is 3.67. The van der Waals surface area contributed by atoms with Gasteiger partial charge in [-0.15, -0.1) is 0 Å². The van der Waals surface area contributed by atoms with Crippen LogP contribution in [0.3, 0.4) is 0 Å². The lowest BCUT2D eigenvalue weighted by Crippen LogP contribution is -2.62. The Morgan fingerprint density at radius 2 is 1.91 bits per heavy atom. The number of carbonyl (C=O) groups excluding carboxylic acids is 2. The van der Waals surface area contributed by atoms with Gasteiger partial charge in [-0.2, -0.15) is 0 Å². The molecule has 2 aliphatic rings. The van der Waals surface area contributed by atoms with Crippen molar-refractivity contribution in [3.05, 3.63) is 30.1 Å². The molecule has 2 fully saturated rings. The van der Waals surface area contributed by atoms with Crippen molar-refractivity contribution in [2.24, 2.45) is 5.92 Å². The Morgan fingerprint density at radius 3 is 2.50 bits per heavy atom. The lowest BCUT2D eigenvalue weighted by atomic mass is 9.97. The van der Waals surface area contributed by atoms with Crippen LogP contribution in [-0.2, 0) is 9.59 Å². The second-order valence-corrected chi connectivity index (χ2v) is 6.97. The van der Waals surface area contributed by atoms with Crippen LogP contribution in [0.2, 0.25) is 0 Å². The van der Waals surface area contributed by atoms with Gasteiger partial charge in [-0.05, 0) is 43.9 Å². The van der Waals surface area contributed by atoms with Crippen LogP contribution in [0, 0.1) is 5.92 Å². The molecule has 1 aromatic heterocycles. The number of amides is 2. The highest BCUT2D eigenvalue weighted by Gasteiger charge is 2.49. The van der Waals surface area contributed by atoms with E-state index in [4.69, 9.17) is 0 Å². The van der Waals surface area contributed by atoms with Crippen LogP contribution in [0.25, 0.3) is 0 Å². The molecule has 3 rings (SSSR count). The molecule has 1 aliphatic heterocycles. The van der Waals surface area contributed by atoms with Crippen molar-refractivity contribution in [3.8, 4) is 0 Å². The molecule has 0 spiro atoms. The molecule has 1 aromatic rings. The first kappa shape index (κ1) is 15.0. The minimum atomic E-state index is -0.299. The van der Waals surface area contributed by atoms with Crippen LogP contribution in [-0.4, -0.2) is 51.8 Å². The quantitative estimate of drug-likeness (QED) is 0.834. The van der Waals surface area contributed by atoms with E-state index in [1.54, 1.807) is 19.3 Å². The molecule has 0 radical (unpaired) electrons. The third-order valence-electron chi connectivity index (χ3n) is 4.86. The molecule has 22 heavy (non-hydrogen) atoms. The van der Waals surface area contributed by atoms with Crippen LogP contribution < -0.4 is 0 Å². The standard InChI is InChI=1S/C17H23N3O2/c1-12(21)19-8-9-20(17(2,3)11-19)16(22)15-10-14(15)13-4-6-18-7-5-13/h4-7,14-15H,8-11H2,1-3H3/t14-,15+/m1/s1. The summed E-state index contributed by atoms with van der Waals surface area (Å²) in [5, 5.41) is 0. The summed E-state index contributed by atoms with van der Waals surface area (Å²) in [7, 11) is 0. The molecule has 5 nitrogen and oxygen atoms in total. The number of nitrogens with zero attached hydrogens (tertiary/aromatic N) is 3. The van der Waals surface area contributed by atoms with Gasteiger partial charge in [-0.3, -0.25) is 14.6 Å². The molecule has 5 heteroatoms. The lowest BCUT2D eigenvalue weighted by molar-refractivity contribution is -0.147. The fourth-order valence-corrected chi connectivity index (χ4v) is 3.48.